The van der Waals surface area contributed by atoms with Crippen molar-refractivity contribution in [1.29, 1.82) is 0 Å². The highest BCUT2D eigenvalue weighted by atomic mass is 32.2. The molecule has 0 aliphatic heterocycles. The molecule has 160 valence electrons. The van der Waals surface area contributed by atoms with Crippen molar-refractivity contribution in [3.05, 3.63) is 59.9 Å². The zero-order valence-corrected chi connectivity index (χ0v) is 18.5. The third-order valence-electron chi connectivity index (χ3n) is 6.13. The molecule has 1 aliphatic rings. The first-order valence-corrected chi connectivity index (χ1v) is 12.6. The van der Waals surface area contributed by atoms with Crippen molar-refractivity contribution in [2.75, 3.05) is 6.54 Å². The molecule has 0 saturated heterocycles. The van der Waals surface area contributed by atoms with Gasteiger partial charge in [0.15, 0.2) is 0 Å². The number of nitrogens with zero attached hydrogens (tertiary/aromatic N) is 2. The molecule has 1 aliphatic carbocycles. The summed E-state index contributed by atoms with van der Waals surface area (Å²) in [7, 11) is -3.51. The van der Waals surface area contributed by atoms with E-state index in [1.807, 2.05) is 18.2 Å². The SMILES string of the molecule is CCCn1cc(CCNS(=O)(=O)c2ccc(C3CCCCC3)cc2)c2cccnc21. The fourth-order valence-corrected chi connectivity index (χ4v) is 5.60. The summed E-state index contributed by atoms with van der Waals surface area (Å²) in [6, 6.07) is 11.5. The van der Waals surface area contributed by atoms with Crippen LogP contribution >= 0.6 is 0 Å². The fourth-order valence-electron chi connectivity index (χ4n) is 4.56. The van der Waals surface area contributed by atoms with Crippen LogP contribution in [0.1, 0.15) is 62.5 Å². The first-order chi connectivity index (χ1) is 14.6. The van der Waals surface area contributed by atoms with E-state index in [-0.39, 0.29) is 0 Å². The first-order valence-electron chi connectivity index (χ1n) is 11.1. The van der Waals surface area contributed by atoms with Gasteiger partial charge in [0.2, 0.25) is 10.0 Å². The van der Waals surface area contributed by atoms with Crippen molar-refractivity contribution >= 4 is 21.1 Å². The zero-order chi connectivity index (χ0) is 21.0. The molecule has 1 aromatic carbocycles. The summed E-state index contributed by atoms with van der Waals surface area (Å²) >= 11 is 0. The quantitative estimate of drug-likeness (QED) is 0.551. The molecule has 4 rings (SSSR count). The number of sulfonamides is 1. The third-order valence-corrected chi connectivity index (χ3v) is 7.61. The molecular weight excluding hydrogens is 394 g/mol. The Balaban J connectivity index is 1.41. The van der Waals surface area contributed by atoms with E-state index in [0.29, 0.717) is 23.8 Å². The van der Waals surface area contributed by atoms with Gasteiger partial charge in [0, 0.05) is 30.9 Å². The molecule has 1 N–H and O–H groups in total. The lowest BCUT2D eigenvalue weighted by atomic mass is 9.84. The maximum Gasteiger partial charge on any atom is 0.240 e. The van der Waals surface area contributed by atoms with Gasteiger partial charge in [-0.25, -0.2) is 18.1 Å². The summed E-state index contributed by atoms with van der Waals surface area (Å²) in [5.41, 5.74) is 3.36. The van der Waals surface area contributed by atoms with Gasteiger partial charge in [0.1, 0.15) is 5.65 Å². The second-order valence-corrected chi connectivity index (χ2v) is 10.0. The van der Waals surface area contributed by atoms with Gasteiger partial charge in [-0.15, -0.1) is 0 Å². The molecule has 0 spiro atoms. The van der Waals surface area contributed by atoms with Gasteiger partial charge in [-0.2, -0.15) is 0 Å². The Kier molecular flexibility index (Phi) is 6.54. The van der Waals surface area contributed by atoms with E-state index in [2.05, 4.69) is 33.5 Å². The molecule has 0 unspecified atom stereocenters. The summed E-state index contributed by atoms with van der Waals surface area (Å²) in [6.45, 7) is 3.42. The van der Waals surface area contributed by atoms with Crippen LogP contribution < -0.4 is 4.72 Å². The van der Waals surface area contributed by atoms with Gasteiger partial charge in [0.05, 0.1) is 4.90 Å². The van der Waals surface area contributed by atoms with Crippen molar-refractivity contribution in [2.24, 2.45) is 0 Å². The fraction of sp³-hybridized carbons (Fsp3) is 0.458. The Labute approximate surface area is 179 Å². The summed E-state index contributed by atoms with van der Waals surface area (Å²) < 4.78 is 30.4. The Morgan fingerprint density at radius 1 is 1.10 bits per heavy atom. The minimum atomic E-state index is -3.51. The number of pyridine rings is 1. The number of nitrogens with one attached hydrogen (secondary N) is 1. The zero-order valence-electron chi connectivity index (χ0n) is 17.7. The van der Waals surface area contributed by atoms with Crippen molar-refractivity contribution in [3.63, 3.8) is 0 Å². The van der Waals surface area contributed by atoms with Gasteiger partial charge >= 0.3 is 0 Å². The molecule has 2 heterocycles. The summed E-state index contributed by atoms with van der Waals surface area (Å²) in [5, 5.41) is 1.10. The van der Waals surface area contributed by atoms with Crippen LogP contribution in [0.15, 0.2) is 53.7 Å². The molecule has 5 nitrogen and oxygen atoms in total. The van der Waals surface area contributed by atoms with E-state index in [0.717, 1.165) is 29.6 Å². The predicted molar refractivity (Wildman–Crippen MR) is 121 cm³/mol. The van der Waals surface area contributed by atoms with Crippen LogP contribution in [0, 0.1) is 0 Å². The van der Waals surface area contributed by atoms with Crippen LogP contribution in [0.25, 0.3) is 11.0 Å². The molecule has 6 heteroatoms. The van der Waals surface area contributed by atoms with Crippen LogP contribution in [0.4, 0.5) is 0 Å². The smallest absolute Gasteiger partial charge is 0.240 e. The van der Waals surface area contributed by atoms with Crippen LogP contribution in [0.3, 0.4) is 0 Å². The van der Waals surface area contributed by atoms with E-state index in [4.69, 9.17) is 0 Å². The van der Waals surface area contributed by atoms with Crippen LogP contribution in [0.5, 0.6) is 0 Å². The molecule has 30 heavy (non-hydrogen) atoms. The monoisotopic (exact) mass is 425 g/mol. The number of rotatable bonds is 8. The summed E-state index contributed by atoms with van der Waals surface area (Å²) in [4.78, 5) is 4.84. The van der Waals surface area contributed by atoms with Gasteiger partial charge in [0.25, 0.3) is 0 Å². The van der Waals surface area contributed by atoms with Crippen molar-refractivity contribution < 1.29 is 8.42 Å². The molecular formula is C24H31N3O2S. The average molecular weight is 426 g/mol. The number of hydrogen-bond acceptors (Lipinski definition) is 3. The molecule has 0 atom stereocenters. The number of hydrogen-bond donors (Lipinski definition) is 1. The van der Waals surface area contributed by atoms with E-state index in [1.165, 1.54) is 37.7 Å². The van der Waals surface area contributed by atoms with Crippen molar-refractivity contribution in [2.45, 2.75) is 69.2 Å². The Hall–Kier alpha value is -2.18. The maximum absolute atomic E-state index is 12.8. The normalized spacial score (nSPS) is 15.6. The lowest BCUT2D eigenvalue weighted by Crippen LogP contribution is -2.26. The van der Waals surface area contributed by atoms with E-state index in [9.17, 15) is 8.42 Å². The summed E-state index contributed by atoms with van der Waals surface area (Å²) in [6.07, 6.45) is 11.9. The van der Waals surface area contributed by atoms with Gasteiger partial charge in [-0.05, 0) is 67.0 Å². The molecule has 2 aromatic heterocycles. The third kappa shape index (κ3) is 4.60. The van der Waals surface area contributed by atoms with Gasteiger partial charge in [-0.1, -0.05) is 38.3 Å². The van der Waals surface area contributed by atoms with Gasteiger partial charge < -0.3 is 4.57 Å². The minimum absolute atomic E-state index is 0.345. The lowest BCUT2D eigenvalue weighted by molar-refractivity contribution is 0.443. The highest BCUT2D eigenvalue weighted by Gasteiger charge is 2.18. The molecule has 0 bridgehead atoms. The van der Waals surface area contributed by atoms with E-state index < -0.39 is 10.0 Å². The highest BCUT2D eigenvalue weighted by Crippen LogP contribution is 2.32. The standard InChI is InChI=1S/C24H31N3O2S/c1-2-17-27-18-21(23-9-6-15-25-24(23)27)14-16-26-30(28,29)22-12-10-20(11-13-22)19-7-4-3-5-8-19/h6,9-13,15,18-19,26H,2-5,7-8,14,16-17H2,1H3. The van der Waals surface area contributed by atoms with Crippen molar-refractivity contribution in [3.8, 4) is 0 Å². The molecule has 0 amide bonds. The first kappa shape index (κ1) is 21.1. The van der Waals surface area contributed by atoms with E-state index in [1.54, 1.807) is 18.3 Å². The lowest BCUT2D eigenvalue weighted by Gasteiger charge is -2.22. The van der Waals surface area contributed by atoms with Crippen molar-refractivity contribution in [1.82, 2.24) is 14.3 Å². The van der Waals surface area contributed by atoms with Crippen LogP contribution in [0.2, 0.25) is 0 Å². The highest BCUT2D eigenvalue weighted by molar-refractivity contribution is 7.89. The number of fused-ring (bicyclic) bond motifs is 1. The topological polar surface area (TPSA) is 64.0 Å². The number of aryl methyl sites for hydroxylation is 1. The van der Waals surface area contributed by atoms with E-state index >= 15 is 0 Å². The summed E-state index contributed by atoms with van der Waals surface area (Å²) in [5.74, 6) is 0.581. The number of benzene rings is 1. The Bertz CT molecular complexity index is 1080. The minimum Gasteiger partial charge on any atom is -0.332 e. The molecule has 1 saturated carbocycles. The molecule has 0 radical (unpaired) electrons. The molecule has 1 fully saturated rings. The maximum atomic E-state index is 12.8. The second kappa shape index (κ2) is 9.31. The second-order valence-electron chi connectivity index (χ2n) is 8.27. The van der Waals surface area contributed by atoms with Crippen LogP contribution in [-0.4, -0.2) is 24.5 Å². The number of aromatic nitrogens is 2. The largest absolute Gasteiger partial charge is 0.332 e. The van der Waals surface area contributed by atoms with Crippen LogP contribution in [-0.2, 0) is 23.0 Å². The Morgan fingerprint density at radius 2 is 1.87 bits per heavy atom. The Morgan fingerprint density at radius 3 is 2.60 bits per heavy atom. The van der Waals surface area contributed by atoms with Gasteiger partial charge in [-0.3, -0.25) is 0 Å². The molecule has 3 aromatic rings. The predicted octanol–water partition coefficient (Wildman–Crippen LogP) is 5.02. The average Bonchev–Trinajstić information content (AvgIpc) is 3.12.